The lowest BCUT2D eigenvalue weighted by molar-refractivity contribution is -0.131. The minimum atomic E-state index is -0.158. The van der Waals surface area contributed by atoms with Gasteiger partial charge in [0.25, 0.3) is 0 Å². The quantitative estimate of drug-likeness (QED) is 0.917. The third kappa shape index (κ3) is 3.32. The lowest BCUT2D eigenvalue weighted by Gasteiger charge is -2.23. The van der Waals surface area contributed by atoms with E-state index < -0.39 is 0 Å². The number of aryl methyl sites for hydroxylation is 1. The Morgan fingerprint density at radius 3 is 3.04 bits per heavy atom. The Labute approximate surface area is 136 Å². The molecule has 4 rings (SSSR count). The first-order chi connectivity index (χ1) is 11.1. The fourth-order valence-corrected chi connectivity index (χ4v) is 3.66. The Morgan fingerprint density at radius 1 is 1.43 bits per heavy atom. The Balaban J connectivity index is 1.32. The van der Waals surface area contributed by atoms with Gasteiger partial charge in [0, 0.05) is 25.9 Å². The molecule has 1 aromatic rings. The largest absolute Gasteiger partial charge is 0.371 e. The van der Waals surface area contributed by atoms with E-state index in [1.54, 1.807) is 0 Å². The zero-order valence-corrected chi connectivity index (χ0v) is 13.6. The number of hydrogen-bond donors (Lipinski definition) is 1. The van der Waals surface area contributed by atoms with Gasteiger partial charge >= 0.3 is 0 Å². The summed E-state index contributed by atoms with van der Waals surface area (Å²) in [5.41, 5.74) is 0.755. The fourth-order valence-electron chi connectivity index (χ4n) is 3.66. The van der Waals surface area contributed by atoms with Crippen LogP contribution in [-0.2, 0) is 9.53 Å². The molecule has 1 amide bonds. The van der Waals surface area contributed by atoms with Crippen molar-refractivity contribution >= 4 is 11.7 Å². The minimum Gasteiger partial charge on any atom is -0.371 e. The summed E-state index contributed by atoms with van der Waals surface area (Å²) >= 11 is 0. The second-order valence-corrected chi connectivity index (χ2v) is 7.31. The van der Waals surface area contributed by atoms with Crippen molar-refractivity contribution < 1.29 is 9.53 Å². The molecule has 1 N–H and O–H groups in total. The van der Waals surface area contributed by atoms with Crippen LogP contribution in [-0.4, -0.2) is 52.3 Å². The number of ether oxygens (including phenoxy) is 1. The molecule has 2 unspecified atom stereocenters. The second kappa shape index (κ2) is 5.74. The van der Waals surface area contributed by atoms with Gasteiger partial charge in [-0.25, -0.2) is 0 Å². The summed E-state index contributed by atoms with van der Waals surface area (Å²) in [5, 5.41) is 11.6. The standard InChI is InChI=1S/C17H24N4O2/c1-12-2-5-15(20-19-12)18-14-9-17(23-10-14)6-7-21(11-17)16(22)8-13-3-4-13/h2,5,13-14H,3-4,6-11H2,1H3,(H,18,20). The first-order valence-electron chi connectivity index (χ1n) is 8.61. The lowest BCUT2D eigenvalue weighted by atomic mass is 9.97. The molecule has 0 radical (unpaired) electrons. The maximum absolute atomic E-state index is 12.3. The summed E-state index contributed by atoms with van der Waals surface area (Å²) < 4.78 is 6.11. The summed E-state index contributed by atoms with van der Waals surface area (Å²) in [6.07, 6.45) is 5.06. The van der Waals surface area contributed by atoms with E-state index in [2.05, 4.69) is 15.5 Å². The van der Waals surface area contributed by atoms with Crippen molar-refractivity contribution in [3.05, 3.63) is 17.8 Å². The number of likely N-dealkylation sites (tertiary alicyclic amines) is 1. The second-order valence-electron chi connectivity index (χ2n) is 7.31. The molecule has 3 heterocycles. The molecule has 6 nitrogen and oxygen atoms in total. The number of carbonyl (C=O) groups excluding carboxylic acids is 1. The van der Waals surface area contributed by atoms with E-state index in [0.717, 1.165) is 43.9 Å². The van der Waals surface area contributed by atoms with E-state index >= 15 is 0 Å². The smallest absolute Gasteiger partial charge is 0.222 e. The molecule has 124 valence electrons. The van der Waals surface area contributed by atoms with Crippen molar-refractivity contribution in [3.63, 3.8) is 0 Å². The van der Waals surface area contributed by atoms with Crippen LogP contribution in [0.4, 0.5) is 5.82 Å². The monoisotopic (exact) mass is 316 g/mol. The van der Waals surface area contributed by atoms with Gasteiger partial charge in [0.05, 0.1) is 23.9 Å². The molecule has 0 bridgehead atoms. The van der Waals surface area contributed by atoms with Crippen molar-refractivity contribution in [2.75, 3.05) is 25.0 Å². The van der Waals surface area contributed by atoms with E-state index in [-0.39, 0.29) is 11.6 Å². The molecule has 23 heavy (non-hydrogen) atoms. The highest BCUT2D eigenvalue weighted by molar-refractivity contribution is 5.77. The van der Waals surface area contributed by atoms with Gasteiger partial charge in [-0.1, -0.05) is 0 Å². The Bertz CT molecular complexity index is 587. The predicted molar refractivity (Wildman–Crippen MR) is 86.0 cm³/mol. The Kier molecular flexibility index (Phi) is 3.71. The zero-order valence-electron chi connectivity index (χ0n) is 13.6. The van der Waals surface area contributed by atoms with Crippen molar-refractivity contribution in [1.82, 2.24) is 15.1 Å². The number of nitrogens with one attached hydrogen (secondary N) is 1. The zero-order chi connectivity index (χ0) is 15.9. The van der Waals surface area contributed by atoms with Crippen LogP contribution in [0, 0.1) is 12.8 Å². The fraction of sp³-hybridized carbons (Fsp3) is 0.706. The van der Waals surface area contributed by atoms with Gasteiger partial charge in [0.15, 0.2) is 0 Å². The molecule has 3 aliphatic rings. The van der Waals surface area contributed by atoms with Crippen LogP contribution in [0.15, 0.2) is 12.1 Å². The maximum atomic E-state index is 12.3. The van der Waals surface area contributed by atoms with Crippen molar-refractivity contribution in [1.29, 1.82) is 0 Å². The van der Waals surface area contributed by atoms with Gasteiger partial charge in [-0.3, -0.25) is 4.79 Å². The van der Waals surface area contributed by atoms with E-state index in [4.69, 9.17) is 4.74 Å². The van der Waals surface area contributed by atoms with Crippen LogP contribution < -0.4 is 5.32 Å². The van der Waals surface area contributed by atoms with Gasteiger partial charge in [0.2, 0.25) is 5.91 Å². The number of carbonyl (C=O) groups is 1. The van der Waals surface area contributed by atoms with Crippen LogP contribution in [0.1, 0.15) is 37.8 Å². The number of anilines is 1. The molecule has 6 heteroatoms. The van der Waals surface area contributed by atoms with E-state index in [0.29, 0.717) is 18.4 Å². The molecular formula is C17H24N4O2. The first-order valence-corrected chi connectivity index (χ1v) is 8.61. The van der Waals surface area contributed by atoms with Crippen molar-refractivity contribution in [2.24, 2.45) is 5.92 Å². The number of hydrogen-bond acceptors (Lipinski definition) is 5. The topological polar surface area (TPSA) is 67.3 Å². The minimum absolute atomic E-state index is 0.158. The normalized spacial score (nSPS) is 30.1. The van der Waals surface area contributed by atoms with Gasteiger partial charge in [0.1, 0.15) is 5.82 Å². The number of rotatable bonds is 4. The van der Waals surface area contributed by atoms with Gasteiger partial charge in [-0.05, 0) is 44.2 Å². The molecule has 1 aliphatic carbocycles. The van der Waals surface area contributed by atoms with Crippen molar-refractivity contribution in [2.45, 2.75) is 50.7 Å². The Hall–Kier alpha value is -1.69. The molecule has 0 aromatic carbocycles. The maximum Gasteiger partial charge on any atom is 0.222 e. The molecule has 1 spiro atoms. The van der Waals surface area contributed by atoms with Gasteiger partial charge in [-0.2, -0.15) is 5.10 Å². The van der Waals surface area contributed by atoms with E-state index in [1.807, 2.05) is 24.0 Å². The molecule has 3 fully saturated rings. The average molecular weight is 316 g/mol. The summed E-state index contributed by atoms with van der Waals surface area (Å²) in [7, 11) is 0. The summed E-state index contributed by atoms with van der Waals surface area (Å²) in [6.45, 7) is 4.18. The number of nitrogens with zero attached hydrogens (tertiary/aromatic N) is 3. The highest BCUT2D eigenvalue weighted by Gasteiger charge is 2.47. The molecule has 1 saturated carbocycles. The van der Waals surface area contributed by atoms with E-state index in [9.17, 15) is 4.79 Å². The number of aromatic nitrogens is 2. The van der Waals surface area contributed by atoms with Crippen LogP contribution in [0.25, 0.3) is 0 Å². The highest BCUT2D eigenvalue weighted by Crippen LogP contribution is 2.38. The molecule has 2 aliphatic heterocycles. The Morgan fingerprint density at radius 2 is 2.30 bits per heavy atom. The van der Waals surface area contributed by atoms with Gasteiger partial charge < -0.3 is 15.0 Å². The summed E-state index contributed by atoms with van der Waals surface area (Å²) in [6, 6.07) is 4.15. The highest BCUT2D eigenvalue weighted by atomic mass is 16.5. The predicted octanol–water partition coefficient (Wildman–Crippen LogP) is 1.76. The first kappa shape index (κ1) is 14.9. The third-order valence-corrected chi connectivity index (χ3v) is 5.19. The molecular weight excluding hydrogens is 292 g/mol. The van der Waals surface area contributed by atoms with Crippen LogP contribution >= 0.6 is 0 Å². The van der Waals surface area contributed by atoms with E-state index in [1.165, 1.54) is 12.8 Å². The lowest BCUT2D eigenvalue weighted by Crippen LogP contribution is -2.36. The molecule has 2 saturated heterocycles. The van der Waals surface area contributed by atoms with Crippen LogP contribution in [0.2, 0.25) is 0 Å². The summed E-state index contributed by atoms with van der Waals surface area (Å²) in [4.78, 5) is 14.3. The van der Waals surface area contributed by atoms with Crippen molar-refractivity contribution in [3.8, 4) is 0 Å². The van der Waals surface area contributed by atoms with Crippen LogP contribution in [0.3, 0.4) is 0 Å². The summed E-state index contributed by atoms with van der Waals surface area (Å²) in [5.74, 6) is 1.76. The molecule has 1 aromatic heterocycles. The SMILES string of the molecule is Cc1ccc(NC2COC3(CCN(C(=O)CC4CC4)C3)C2)nn1. The number of amides is 1. The van der Waals surface area contributed by atoms with Gasteiger partial charge in [-0.15, -0.1) is 5.10 Å². The third-order valence-electron chi connectivity index (χ3n) is 5.19. The molecule has 2 atom stereocenters. The van der Waals surface area contributed by atoms with Crippen LogP contribution in [0.5, 0.6) is 0 Å². The average Bonchev–Trinajstić information content (AvgIpc) is 3.12.